The topological polar surface area (TPSA) is 39.2 Å². The van der Waals surface area contributed by atoms with E-state index in [2.05, 4.69) is 37.5 Å². The molecule has 1 rings (SSSR count). The summed E-state index contributed by atoms with van der Waals surface area (Å²) < 4.78 is 4.52. The van der Waals surface area contributed by atoms with Gasteiger partial charge in [-0.15, -0.1) is 11.3 Å². The molecule has 0 aliphatic heterocycles. The minimum Gasteiger partial charge on any atom is -0.464 e. The van der Waals surface area contributed by atoms with Gasteiger partial charge >= 0.3 is 5.97 Å². The van der Waals surface area contributed by atoms with Crippen LogP contribution in [-0.2, 0) is 4.74 Å². The molecule has 0 amide bonds. The van der Waals surface area contributed by atoms with Gasteiger partial charge in [-0.3, -0.25) is 0 Å². The zero-order valence-corrected chi connectivity index (χ0v) is 9.94. The number of rotatable bonds is 2. The normalized spacial score (nSPS) is 9.00. The number of aromatic nitrogens is 1. The van der Waals surface area contributed by atoms with E-state index in [-0.39, 0.29) is 0 Å². The van der Waals surface area contributed by atoms with Gasteiger partial charge in [0.15, 0.2) is 10.7 Å². The minimum absolute atomic E-state index is 0.320. The summed E-state index contributed by atoms with van der Waals surface area (Å²) in [6.45, 7) is 0. The predicted octanol–water partition coefficient (Wildman–Crippen LogP) is 2.07. The van der Waals surface area contributed by atoms with Crippen molar-refractivity contribution < 1.29 is 9.53 Å². The van der Waals surface area contributed by atoms with Crippen molar-refractivity contribution in [1.29, 1.82) is 0 Å². The lowest BCUT2D eigenvalue weighted by atomic mass is 10.4. The molecule has 1 aromatic rings. The molecule has 0 fully saturated rings. The van der Waals surface area contributed by atoms with E-state index in [1.165, 1.54) is 18.4 Å². The lowest BCUT2D eigenvalue weighted by Crippen LogP contribution is -2.00. The highest BCUT2D eigenvalue weighted by Gasteiger charge is 2.08. The Morgan fingerprint density at radius 2 is 2.57 bits per heavy atom. The number of ether oxygens (including phenoxy) is 1. The largest absolute Gasteiger partial charge is 0.464 e. The quantitative estimate of drug-likeness (QED) is 0.471. The van der Waals surface area contributed by atoms with Crippen LogP contribution in [0.2, 0.25) is 0 Å². The van der Waals surface area contributed by atoms with Crippen molar-refractivity contribution in [3.05, 3.63) is 16.1 Å². The van der Waals surface area contributed by atoms with Crippen molar-refractivity contribution >= 4 is 33.2 Å². The summed E-state index contributed by atoms with van der Waals surface area (Å²) in [5.74, 6) is 5.36. The van der Waals surface area contributed by atoms with Crippen molar-refractivity contribution in [1.82, 2.24) is 4.98 Å². The van der Waals surface area contributed by atoms with Crippen LogP contribution in [0.1, 0.15) is 21.9 Å². The fourth-order valence-electron chi connectivity index (χ4n) is 0.715. The van der Waals surface area contributed by atoms with Gasteiger partial charge in [-0.1, -0.05) is 21.9 Å². The Morgan fingerprint density at radius 3 is 3.21 bits per heavy atom. The molecule has 0 bridgehead atoms. The van der Waals surface area contributed by atoms with Crippen molar-refractivity contribution in [3.8, 4) is 11.8 Å². The summed E-state index contributed by atoms with van der Waals surface area (Å²) in [7, 11) is 1.33. The van der Waals surface area contributed by atoms with Gasteiger partial charge in [-0.25, -0.2) is 9.78 Å². The maximum absolute atomic E-state index is 11.0. The number of carbonyl (C=O) groups excluding carboxylic acids is 1. The molecular weight excluding hydrogens is 266 g/mol. The average Bonchev–Trinajstić information content (AvgIpc) is 2.66. The SMILES string of the molecule is COC(=O)c1csc(C#CCCBr)n1. The van der Waals surface area contributed by atoms with Crippen LogP contribution in [0.25, 0.3) is 0 Å². The smallest absolute Gasteiger partial charge is 0.357 e. The molecular formula is C9H8BrNO2S. The summed E-state index contributed by atoms with van der Waals surface area (Å²) in [5.41, 5.74) is 0.320. The molecule has 0 unspecified atom stereocenters. The van der Waals surface area contributed by atoms with Crippen LogP contribution >= 0.6 is 27.3 Å². The van der Waals surface area contributed by atoms with Gasteiger partial charge in [-0.2, -0.15) is 0 Å². The summed E-state index contributed by atoms with van der Waals surface area (Å²) in [6, 6.07) is 0. The molecule has 5 heteroatoms. The number of hydrogen-bond donors (Lipinski definition) is 0. The lowest BCUT2D eigenvalue weighted by Gasteiger charge is -1.89. The second-order valence-corrected chi connectivity index (χ2v) is 3.92. The number of alkyl halides is 1. The summed E-state index contributed by atoms with van der Waals surface area (Å²) in [4.78, 5) is 15.0. The highest BCUT2D eigenvalue weighted by molar-refractivity contribution is 9.09. The van der Waals surface area contributed by atoms with E-state index in [1.807, 2.05) is 0 Å². The number of carbonyl (C=O) groups is 1. The van der Waals surface area contributed by atoms with Crippen molar-refractivity contribution in [3.63, 3.8) is 0 Å². The van der Waals surface area contributed by atoms with Gasteiger partial charge in [0, 0.05) is 17.1 Å². The molecule has 0 radical (unpaired) electrons. The molecule has 14 heavy (non-hydrogen) atoms. The first-order chi connectivity index (χ1) is 6.77. The molecule has 0 aromatic carbocycles. The van der Waals surface area contributed by atoms with E-state index >= 15 is 0 Å². The van der Waals surface area contributed by atoms with Crippen LogP contribution in [0.5, 0.6) is 0 Å². The molecule has 1 aromatic heterocycles. The van der Waals surface area contributed by atoms with Crippen LogP contribution in [0.15, 0.2) is 5.38 Å². The Kier molecular flexibility index (Phi) is 4.63. The molecule has 0 aliphatic rings. The molecule has 0 saturated carbocycles. The van der Waals surface area contributed by atoms with E-state index in [1.54, 1.807) is 5.38 Å². The zero-order valence-electron chi connectivity index (χ0n) is 7.54. The molecule has 0 saturated heterocycles. The number of methoxy groups -OCH3 is 1. The van der Waals surface area contributed by atoms with Crippen molar-refractivity contribution in [2.45, 2.75) is 6.42 Å². The Labute approximate surface area is 94.6 Å². The first-order valence-electron chi connectivity index (χ1n) is 3.86. The van der Waals surface area contributed by atoms with E-state index in [0.717, 1.165) is 11.8 Å². The molecule has 0 atom stereocenters. The summed E-state index contributed by atoms with van der Waals surface area (Å²) >= 11 is 4.61. The monoisotopic (exact) mass is 273 g/mol. The minimum atomic E-state index is -0.421. The van der Waals surface area contributed by atoms with Crippen molar-refractivity contribution in [2.75, 3.05) is 12.4 Å². The van der Waals surface area contributed by atoms with Crippen molar-refractivity contribution in [2.24, 2.45) is 0 Å². The van der Waals surface area contributed by atoms with Crippen LogP contribution in [0.3, 0.4) is 0 Å². The number of thiazole rings is 1. The van der Waals surface area contributed by atoms with Crippen LogP contribution in [0.4, 0.5) is 0 Å². The summed E-state index contributed by atoms with van der Waals surface area (Å²) in [5, 5.41) is 3.13. The molecule has 1 heterocycles. The molecule has 3 nitrogen and oxygen atoms in total. The maximum Gasteiger partial charge on any atom is 0.357 e. The fourth-order valence-corrected chi connectivity index (χ4v) is 1.57. The maximum atomic E-state index is 11.0. The second kappa shape index (κ2) is 5.78. The standard InChI is InChI=1S/C9H8BrNO2S/c1-13-9(12)7-6-14-8(11-7)4-2-3-5-10/h6H,3,5H2,1H3. The van der Waals surface area contributed by atoms with Crippen LogP contribution in [-0.4, -0.2) is 23.4 Å². The highest BCUT2D eigenvalue weighted by atomic mass is 79.9. The van der Waals surface area contributed by atoms with Gasteiger partial charge < -0.3 is 4.74 Å². The van der Waals surface area contributed by atoms with E-state index in [9.17, 15) is 4.79 Å². The Hall–Kier alpha value is -0.860. The molecule has 0 N–H and O–H groups in total. The van der Waals surface area contributed by atoms with Gasteiger partial charge in [0.2, 0.25) is 0 Å². The van der Waals surface area contributed by atoms with Gasteiger partial charge in [-0.05, 0) is 5.92 Å². The predicted molar refractivity (Wildman–Crippen MR) is 58.7 cm³/mol. The Bertz CT molecular complexity index is 378. The fraction of sp³-hybridized carbons (Fsp3) is 0.333. The second-order valence-electron chi connectivity index (χ2n) is 2.27. The van der Waals surface area contributed by atoms with Crippen LogP contribution < -0.4 is 0 Å². The number of esters is 1. The molecule has 0 aliphatic carbocycles. The van der Waals surface area contributed by atoms with Gasteiger partial charge in [0.05, 0.1) is 7.11 Å². The first-order valence-corrected chi connectivity index (χ1v) is 5.86. The third-order valence-electron chi connectivity index (χ3n) is 1.31. The Morgan fingerprint density at radius 1 is 1.79 bits per heavy atom. The summed E-state index contributed by atoms with van der Waals surface area (Å²) in [6.07, 6.45) is 0.771. The van der Waals surface area contributed by atoms with E-state index in [0.29, 0.717) is 10.7 Å². The number of halogens is 1. The first kappa shape index (κ1) is 11.2. The van der Waals surface area contributed by atoms with Gasteiger partial charge in [0.25, 0.3) is 0 Å². The van der Waals surface area contributed by atoms with Crippen LogP contribution in [0, 0.1) is 11.8 Å². The average molecular weight is 274 g/mol. The van der Waals surface area contributed by atoms with E-state index < -0.39 is 5.97 Å². The van der Waals surface area contributed by atoms with E-state index in [4.69, 9.17) is 0 Å². The third kappa shape index (κ3) is 3.13. The number of hydrogen-bond acceptors (Lipinski definition) is 4. The highest BCUT2D eigenvalue weighted by Crippen LogP contribution is 2.09. The lowest BCUT2D eigenvalue weighted by molar-refractivity contribution is 0.0595. The third-order valence-corrected chi connectivity index (χ3v) is 2.47. The number of nitrogens with zero attached hydrogens (tertiary/aromatic N) is 1. The zero-order chi connectivity index (χ0) is 10.4. The molecule has 74 valence electrons. The molecule has 0 spiro atoms. The van der Waals surface area contributed by atoms with Gasteiger partial charge in [0.1, 0.15) is 0 Å². The Balaban J connectivity index is 2.70.